The molecule has 0 saturated carbocycles. The maximum Gasteiger partial charge on any atom is 0.313 e. The summed E-state index contributed by atoms with van der Waals surface area (Å²) < 4.78 is 0.603. The quantitative estimate of drug-likeness (QED) is 0.890. The standard InChI is InChI=1S/C14H17BrO4/c1-13(2,11(16)17)8-6-5-7-9(15)10(8)14(3,4)12(18)19/h5-7H,1-4H3,(H,16,17)(H,18,19). The molecule has 4 nitrogen and oxygen atoms in total. The number of carboxylic acids is 2. The number of aliphatic carboxylic acids is 2. The van der Waals surface area contributed by atoms with Crippen LogP contribution in [0.3, 0.4) is 0 Å². The third-order valence-corrected chi connectivity index (χ3v) is 4.04. The van der Waals surface area contributed by atoms with E-state index in [1.165, 1.54) is 0 Å². The zero-order valence-electron chi connectivity index (χ0n) is 11.3. The number of halogens is 1. The lowest BCUT2D eigenvalue weighted by Crippen LogP contribution is -2.36. The fourth-order valence-electron chi connectivity index (χ4n) is 1.90. The minimum Gasteiger partial charge on any atom is -0.481 e. The molecule has 0 saturated heterocycles. The van der Waals surface area contributed by atoms with E-state index in [1.807, 2.05) is 0 Å². The van der Waals surface area contributed by atoms with E-state index in [1.54, 1.807) is 45.9 Å². The van der Waals surface area contributed by atoms with Crippen molar-refractivity contribution in [1.29, 1.82) is 0 Å². The Hall–Kier alpha value is -1.36. The normalized spacial score (nSPS) is 12.3. The molecule has 0 aliphatic heterocycles. The highest BCUT2D eigenvalue weighted by Gasteiger charge is 2.40. The van der Waals surface area contributed by atoms with Gasteiger partial charge in [0.05, 0.1) is 10.8 Å². The molecular formula is C14H17BrO4. The van der Waals surface area contributed by atoms with Gasteiger partial charge in [0.25, 0.3) is 0 Å². The molecule has 19 heavy (non-hydrogen) atoms. The fourth-order valence-corrected chi connectivity index (χ4v) is 2.76. The van der Waals surface area contributed by atoms with Gasteiger partial charge >= 0.3 is 11.9 Å². The van der Waals surface area contributed by atoms with Crippen LogP contribution >= 0.6 is 15.9 Å². The van der Waals surface area contributed by atoms with Crippen molar-refractivity contribution < 1.29 is 19.8 Å². The molecule has 104 valence electrons. The number of hydrogen-bond donors (Lipinski definition) is 2. The maximum atomic E-state index is 11.5. The number of hydrogen-bond acceptors (Lipinski definition) is 2. The van der Waals surface area contributed by atoms with Crippen molar-refractivity contribution in [3.63, 3.8) is 0 Å². The monoisotopic (exact) mass is 328 g/mol. The van der Waals surface area contributed by atoms with Crippen LogP contribution in [-0.2, 0) is 20.4 Å². The molecule has 0 amide bonds. The zero-order valence-corrected chi connectivity index (χ0v) is 12.9. The van der Waals surface area contributed by atoms with Crippen molar-refractivity contribution in [3.8, 4) is 0 Å². The van der Waals surface area contributed by atoms with E-state index >= 15 is 0 Å². The molecule has 0 bridgehead atoms. The second-order valence-corrected chi connectivity index (χ2v) is 6.38. The molecule has 0 atom stereocenters. The summed E-state index contributed by atoms with van der Waals surface area (Å²) in [6, 6.07) is 5.10. The molecular weight excluding hydrogens is 312 g/mol. The molecule has 5 heteroatoms. The number of carbonyl (C=O) groups is 2. The van der Waals surface area contributed by atoms with E-state index in [0.717, 1.165) is 0 Å². The van der Waals surface area contributed by atoms with E-state index in [-0.39, 0.29) is 0 Å². The summed E-state index contributed by atoms with van der Waals surface area (Å²) in [7, 11) is 0. The van der Waals surface area contributed by atoms with E-state index in [0.29, 0.717) is 15.6 Å². The Bertz CT molecular complexity index is 532. The van der Waals surface area contributed by atoms with Crippen molar-refractivity contribution in [2.75, 3.05) is 0 Å². The van der Waals surface area contributed by atoms with Gasteiger partial charge in [-0.2, -0.15) is 0 Å². The lowest BCUT2D eigenvalue weighted by molar-refractivity contribution is -0.144. The summed E-state index contributed by atoms with van der Waals surface area (Å²) >= 11 is 3.34. The van der Waals surface area contributed by atoms with Crippen molar-refractivity contribution in [2.45, 2.75) is 38.5 Å². The van der Waals surface area contributed by atoms with Crippen LogP contribution < -0.4 is 0 Å². The SMILES string of the molecule is CC(C)(C(=O)O)c1cccc(Br)c1C(C)(C)C(=O)O. The Kier molecular flexibility index (Phi) is 4.10. The Morgan fingerprint density at radius 2 is 1.47 bits per heavy atom. The molecule has 0 unspecified atom stereocenters. The Labute approximate surface area is 120 Å². The average molecular weight is 329 g/mol. The van der Waals surface area contributed by atoms with E-state index in [2.05, 4.69) is 15.9 Å². The number of benzene rings is 1. The first kappa shape index (κ1) is 15.7. The van der Waals surface area contributed by atoms with Gasteiger partial charge in [0.15, 0.2) is 0 Å². The summed E-state index contributed by atoms with van der Waals surface area (Å²) in [6.45, 7) is 6.27. The van der Waals surface area contributed by atoms with Gasteiger partial charge in [-0.3, -0.25) is 9.59 Å². The highest BCUT2D eigenvalue weighted by molar-refractivity contribution is 9.10. The first-order valence-electron chi connectivity index (χ1n) is 5.79. The highest BCUT2D eigenvalue weighted by atomic mass is 79.9. The first-order chi connectivity index (χ1) is 8.52. The summed E-state index contributed by atoms with van der Waals surface area (Å²) in [5.74, 6) is -1.99. The topological polar surface area (TPSA) is 74.6 Å². The predicted octanol–water partition coefficient (Wildman–Crippen LogP) is 3.17. The van der Waals surface area contributed by atoms with Gasteiger partial charge in [-0.05, 0) is 44.9 Å². The molecule has 0 aliphatic carbocycles. The average Bonchev–Trinajstić information content (AvgIpc) is 2.27. The third-order valence-electron chi connectivity index (χ3n) is 3.38. The Balaban J connectivity index is 3.66. The summed E-state index contributed by atoms with van der Waals surface area (Å²) in [4.78, 5) is 22.9. The van der Waals surface area contributed by atoms with Gasteiger partial charge in [-0.15, -0.1) is 0 Å². The van der Waals surface area contributed by atoms with Gasteiger partial charge in [0, 0.05) is 4.47 Å². The van der Waals surface area contributed by atoms with Gasteiger partial charge in [-0.25, -0.2) is 0 Å². The number of rotatable bonds is 4. The molecule has 2 N–H and O–H groups in total. The largest absolute Gasteiger partial charge is 0.481 e. The van der Waals surface area contributed by atoms with Crippen LogP contribution in [0.25, 0.3) is 0 Å². The molecule has 0 aromatic heterocycles. The van der Waals surface area contributed by atoms with E-state index in [4.69, 9.17) is 0 Å². The van der Waals surface area contributed by atoms with Crippen LogP contribution in [0.2, 0.25) is 0 Å². The molecule has 0 aliphatic rings. The summed E-state index contributed by atoms with van der Waals surface area (Å²) in [5, 5.41) is 18.7. The van der Waals surface area contributed by atoms with Crippen LogP contribution in [0, 0.1) is 0 Å². The van der Waals surface area contributed by atoms with Crippen LogP contribution in [0.15, 0.2) is 22.7 Å². The van der Waals surface area contributed by atoms with Crippen molar-refractivity contribution in [1.82, 2.24) is 0 Å². The zero-order chi connectivity index (χ0) is 15.0. The summed E-state index contributed by atoms with van der Waals surface area (Å²) in [5.41, 5.74) is -1.34. The van der Waals surface area contributed by atoms with Crippen molar-refractivity contribution in [2.24, 2.45) is 0 Å². The minimum absolute atomic E-state index is 0.495. The van der Waals surface area contributed by atoms with Crippen LogP contribution in [0.1, 0.15) is 38.8 Å². The van der Waals surface area contributed by atoms with Crippen molar-refractivity contribution in [3.05, 3.63) is 33.8 Å². The lowest BCUT2D eigenvalue weighted by atomic mass is 9.73. The van der Waals surface area contributed by atoms with Gasteiger partial charge in [0.1, 0.15) is 0 Å². The highest BCUT2D eigenvalue weighted by Crippen LogP contribution is 2.39. The fraction of sp³-hybridized carbons (Fsp3) is 0.429. The molecule has 0 heterocycles. The van der Waals surface area contributed by atoms with E-state index in [9.17, 15) is 19.8 Å². The molecule has 1 aromatic carbocycles. The first-order valence-corrected chi connectivity index (χ1v) is 6.58. The molecule has 0 spiro atoms. The molecule has 1 rings (SSSR count). The molecule has 1 aromatic rings. The summed E-state index contributed by atoms with van der Waals surface area (Å²) in [6.07, 6.45) is 0. The van der Waals surface area contributed by atoms with Crippen LogP contribution in [0.4, 0.5) is 0 Å². The van der Waals surface area contributed by atoms with Crippen LogP contribution in [0.5, 0.6) is 0 Å². The second kappa shape index (κ2) is 4.96. The Morgan fingerprint density at radius 3 is 1.89 bits per heavy atom. The Morgan fingerprint density at radius 1 is 1.00 bits per heavy atom. The second-order valence-electron chi connectivity index (χ2n) is 5.52. The van der Waals surface area contributed by atoms with Gasteiger partial charge in [-0.1, -0.05) is 28.1 Å². The van der Waals surface area contributed by atoms with E-state index < -0.39 is 22.8 Å². The van der Waals surface area contributed by atoms with Gasteiger partial charge < -0.3 is 10.2 Å². The minimum atomic E-state index is -1.18. The third kappa shape index (κ3) is 2.66. The predicted molar refractivity (Wildman–Crippen MR) is 75.5 cm³/mol. The number of carboxylic acid groups (broad SMARTS) is 2. The van der Waals surface area contributed by atoms with Crippen molar-refractivity contribution >= 4 is 27.9 Å². The molecule has 0 radical (unpaired) electrons. The smallest absolute Gasteiger partial charge is 0.313 e. The van der Waals surface area contributed by atoms with Gasteiger partial charge in [0.2, 0.25) is 0 Å². The van der Waals surface area contributed by atoms with Crippen LogP contribution in [-0.4, -0.2) is 22.2 Å². The molecule has 0 fully saturated rings. The maximum absolute atomic E-state index is 11.5. The lowest BCUT2D eigenvalue weighted by Gasteiger charge is -2.30.